The van der Waals surface area contributed by atoms with Crippen molar-refractivity contribution < 1.29 is 29.7 Å². The van der Waals surface area contributed by atoms with Gasteiger partial charge in [-0.1, -0.05) is 46.3 Å². The van der Waals surface area contributed by atoms with Crippen LogP contribution < -0.4 is 0 Å². The number of fused-ring (bicyclic) bond motifs is 5. The maximum absolute atomic E-state index is 12.7. The molecule has 6 heteroatoms. The largest absolute Gasteiger partial charge is 0.481 e. The van der Waals surface area contributed by atoms with Crippen LogP contribution in [0.2, 0.25) is 0 Å². The second-order valence-electron chi connectivity index (χ2n) is 14.5. The van der Waals surface area contributed by atoms with Crippen molar-refractivity contribution >= 4 is 17.9 Å². The molecule has 6 nitrogen and oxygen atoms in total. The van der Waals surface area contributed by atoms with E-state index in [1.165, 1.54) is 5.57 Å². The molecule has 3 fully saturated rings. The molecular weight excluding hydrogens is 444 g/mol. The zero-order chi connectivity index (χ0) is 26.4. The molecule has 0 saturated heterocycles. The van der Waals surface area contributed by atoms with Crippen molar-refractivity contribution in [3.63, 3.8) is 0 Å². The van der Waals surface area contributed by atoms with Gasteiger partial charge in [0.2, 0.25) is 0 Å². The Labute approximate surface area is 209 Å². The van der Waals surface area contributed by atoms with E-state index in [1.54, 1.807) is 13.8 Å². The van der Waals surface area contributed by atoms with Crippen LogP contribution in [0.1, 0.15) is 99.8 Å². The number of allylic oxidation sites excluding steroid dienone is 2. The number of hydrogen-bond donors (Lipinski definition) is 3. The molecule has 0 spiro atoms. The summed E-state index contributed by atoms with van der Waals surface area (Å²) in [7, 11) is 0. The molecule has 4 aliphatic rings. The van der Waals surface area contributed by atoms with E-state index in [4.69, 9.17) is 0 Å². The molecule has 0 bridgehead atoms. The monoisotopic (exact) mass is 488 g/mol. The van der Waals surface area contributed by atoms with Crippen LogP contribution in [0.3, 0.4) is 0 Å². The topological polar surface area (TPSA) is 112 Å². The van der Waals surface area contributed by atoms with Crippen molar-refractivity contribution in [3.8, 4) is 0 Å². The molecule has 0 aliphatic heterocycles. The molecule has 196 valence electrons. The summed E-state index contributed by atoms with van der Waals surface area (Å²) in [6.45, 7) is 14.5. The molecular formula is C29H44O6. The molecule has 3 unspecified atom stereocenters. The summed E-state index contributed by atoms with van der Waals surface area (Å²) in [5.74, 6) is -2.67. The molecule has 35 heavy (non-hydrogen) atoms. The van der Waals surface area contributed by atoms with Crippen LogP contribution in [0.15, 0.2) is 11.6 Å². The van der Waals surface area contributed by atoms with Gasteiger partial charge in [-0.15, -0.1) is 0 Å². The molecule has 3 N–H and O–H groups in total. The second kappa shape index (κ2) is 7.58. The Bertz CT molecular complexity index is 993. The predicted molar refractivity (Wildman–Crippen MR) is 133 cm³/mol. The Hall–Kier alpha value is -1.85. The first-order valence-electron chi connectivity index (χ1n) is 13.3. The van der Waals surface area contributed by atoms with Crippen LogP contribution in [0.25, 0.3) is 0 Å². The highest BCUT2D eigenvalue weighted by Gasteiger charge is 2.70. The van der Waals surface area contributed by atoms with Crippen LogP contribution in [0.4, 0.5) is 0 Å². The van der Waals surface area contributed by atoms with Crippen molar-refractivity contribution in [2.45, 2.75) is 99.8 Å². The lowest BCUT2D eigenvalue weighted by molar-refractivity contribution is -0.186. The van der Waals surface area contributed by atoms with Gasteiger partial charge in [0.25, 0.3) is 0 Å². The number of carboxylic acids is 3. The minimum Gasteiger partial charge on any atom is -0.481 e. The Balaban J connectivity index is 1.85. The summed E-state index contributed by atoms with van der Waals surface area (Å²) in [6.07, 6.45) is 7.38. The van der Waals surface area contributed by atoms with Crippen molar-refractivity contribution in [1.82, 2.24) is 0 Å². The van der Waals surface area contributed by atoms with E-state index in [9.17, 15) is 29.7 Å². The highest BCUT2D eigenvalue weighted by molar-refractivity contribution is 5.77. The summed E-state index contributed by atoms with van der Waals surface area (Å²) in [4.78, 5) is 37.1. The number of rotatable bonds is 5. The Morgan fingerprint density at radius 3 is 2.17 bits per heavy atom. The van der Waals surface area contributed by atoms with Crippen LogP contribution in [-0.4, -0.2) is 33.2 Å². The summed E-state index contributed by atoms with van der Waals surface area (Å²) in [5.41, 5.74) is -1.62. The number of carboxylic acid groups (broad SMARTS) is 3. The van der Waals surface area contributed by atoms with Crippen molar-refractivity contribution in [3.05, 3.63) is 11.6 Å². The van der Waals surface area contributed by atoms with Gasteiger partial charge in [-0.2, -0.15) is 0 Å². The third-order valence-electron chi connectivity index (χ3n) is 11.8. The average Bonchev–Trinajstić information content (AvgIpc) is 2.99. The van der Waals surface area contributed by atoms with Gasteiger partial charge in [0.1, 0.15) is 0 Å². The normalized spacial score (nSPS) is 44.4. The first-order chi connectivity index (χ1) is 15.9. The Morgan fingerprint density at radius 2 is 1.63 bits per heavy atom. The van der Waals surface area contributed by atoms with Gasteiger partial charge >= 0.3 is 17.9 Å². The molecule has 0 aromatic rings. The smallest absolute Gasteiger partial charge is 0.310 e. The summed E-state index contributed by atoms with van der Waals surface area (Å²) in [6, 6.07) is 0. The maximum atomic E-state index is 12.7. The highest BCUT2D eigenvalue weighted by atomic mass is 16.4. The van der Waals surface area contributed by atoms with E-state index in [0.717, 1.165) is 19.3 Å². The van der Waals surface area contributed by atoms with Gasteiger partial charge in [0, 0.05) is 0 Å². The predicted octanol–water partition coefficient (Wildman–Crippen LogP) is 6.25. The van der Waals surface area contributed by atoms with Crippen LogP contribution in [-0.2, 0) is 14.4 Å². The first-order valence-corrected chi connectivity index (χ1v) is 13.3. The fourth-order valence-corrected chi connectivity index (χ4v) is 10.0. The Morgan fingerprint density at radius 1 is 1.00 bits per heavy atom. The van der Waals surface area contributed by atoms with Crippen LogP contribution in [0, 0.1) is 50.2 Å². The summed E-state index contributed by atoms with van der Waals surface area (Å²) >= 11 is 0. The molecule has 4 rings (SSSR count). The van der Waals surface area contributed by atoms with E-state index >= 15 is 0 Å². The van der Waals surface area contributed by atoms with E-state index < -0.39 is 34.2 Å². The van der Waals surface area contributed by atoms with Crippen molar-refractivity contribution in [2.24, 2.45) is 50.2 Å². The zero-order valence-electron chi connectivity index (χ0n) is 22.5. The third-order valence-corrected chi connectivity index (χ3v) is 11.8. The second-order valence-corrected chi connectivity index (χ2v) is 14.5. The van der Waals surface area contributed by atoms with Gasteiger partial charge in [-0.05, 0) is 98.2 Å². The first kappa shape index (κ1) is 26.2. The lowest BCUT2D eigenvalue weighted by Gasteiger charge is -2.68. The molecule has 0 radical (unpaired) electrons. The van der Waals surface area contributed by atoms with Gasteiger partial charge in [0.05, 0.1) is 17.3 Å². The number of hydrogen-bond acceptors (Lipinski definition) is 3. The molecule has 0 aromatic carbocycles. The molecule has 3 saturated carbocycles. The minimum atomic E-state index is -1.03. The van der Waals surface area contributed by atoms with E-state index in [1.807, 2.05) is 6.92 Å². The van der Waals surface area contributed by atoms with Gasteiger partial charge in [-0.3, -0.25) is 14.4 Å². The average molecular weight is 489 g/mol. The standard InChI is InChI=1S/C29H44O6/c1-24(2)14-18-17-8-9-20-26(5,15-21(30)31)19(25(3,4)22(32)33)10-11-28(20,7)27(17,6)12-13-29(18,16-24)23(34)35/h8,18-20H,9-16H2,1-7H3,(H,30,31)(H,32,33)(H,34,35)/t18?,19?,20?,26-,27+,28+,29+/m0/s1. The molecule has 0 aromatic heterocycles. The Kier molecular flexibility index (Phi) is 5.68. The highest BCUT2D eigenvalue weighted by Crippen LogP contribution is 2.75. The fraction of sp³-hybridized carbons (Fsp3) is 0.828. The summed E-state index contributed by atoms with van der Waals surface area (Å²) in [5, 5.41) is 30.5. The zero-order valence-corrected chi connectivity index (χ0v) is 22.5. The summed E-state index contributed by atoms with van der Waals surface area (Å²) < 4.78 is 0. The van der Waals surface area contributed by atoms with E-state index in [2.05, 4.69) is 33.8 Å². The van der Waals surface area contributed by atoms with Gasteiger partial charge < -0.3 is 15.3 Å². The molecule has 0 amide bonds. The molecule has 4 aliphatic carbocycles. The van der Waals surface area contributed by atoms with E-state index in [-0.39, 0.29) is 40.4 Å². The fourth-order valence-electron chi connectivity index (χ4n) is 10.0. The minimum absolute atomic E-state index is 0.00504. The SMILES string of the molecule is CC1(C)CC2C3=CCC4[C@@](C)(CC(=O)O)C(C(C)(C)C(=O)O)CC[C@@]4(C)[C@]3(C)CC[C@@]2(C(=O)O)C1. The number of aliphatic carboxylic acids is 3. The van der Waals surface area contributed by atoms with Crippen molar-refractivity contribution in [1.29, 1.82) is 0 Å². The third kappa shape index (κ3) is 3.37. The van der Waals surface area contributed by atoms with Crippen LogP contribution >= 0.6 is 0 Å². The van der Waals surface area contributed by atoms with Crippen LogP contribution in [0.5, 0.6) is 0 Å². The lowest BCUT2D eigenvalue weighted by Crippen LogP contribution is -2.62. The lowest BCUT2D eigenvalue weighted by atomic mass is 9.36. The van der Waals surface area contributed by atoms with E-state index in [0.29, 0.717) is 25.7 Å². The van der Waals surface area contributed by atoms with Gasteiger partial charge in [0.15, 0.2) is 0 Å². The quantitative estimate of drug-likeness (QED) is 0.394. The van der Waals surface area contributed by atoms with Crippen molar-refractivity contribution in [2.75, 3.05) is 0 Å². The maximum Gasteiger partial charge on any atom is 0.310 e. The molecule has 7 atom stereocenters. The molecule has 0 heterocycles. The van der Waals surface area contributed by atoms with Gasteiger partial charge in [-0.25, -0.2) is 0 Å². The number of carbonyl (C=O) groups is 3.